The van der Waals surface area contributed by atoms with E-state index in [2.05, 4.69) is 21.3 Å². The Labute approximate surface area is 190 Å². The van der Waals surface area contributed by atoms with Crippen molar-refractivity contribution in [1.82, 2.24) is 20.6 Å². The van der Waals surface area contributed by atoms with Crippen LogP contribution in [0.1, 0.15) is 16.1 Å². The van der Waals surface area contributed by atoms with E-state index in [0.29, 0.717) is 28.7 Å². The number of para-hydroxylation sites is 3. The number of carbonyl (C=O) groups excluding carboxylic acids is 2. The van der Waals surface area contributed by atoms with Gasteiger partial charge in [0.2, 0.25) is 0 Å². The summed E-state index contributed by atoms with van der Waals surface area (Å²) < 4.78 is 12.5. The fraction of sp³-hybridized carbons (Fsp3) is 0.125. The Morgan fingerprint density at radius 1 is 1.00 bits per heavy atom. The molecule has 0 spiro atoms. The lowest BCUT2D eigenvalue weighted by atomic mass is 10.2. The summed E-state index contributed by atoms with van der Waals surface area (Å²) in [4.78, 5) is 25.2. The van der Waals surface area contributed by atoms with Crippen LogP contribution >= 0.6 is 0 Å². The van der Waals surface area contributed by atoms with Crippen molar-refractivity contribution in [3.63, 3.8) is 0 Å². The van der Waals surface area contributed by atoms with Crippen LogP contribution in [0, 0.1) is 6.92 Å². The first kappa shape index (κ1) is 21.7. The summed E-state index contributed by atoms with van der Waals surface area (Å²) in [6.45, 7) is 1.75. The number of amides is 2. The van der Waals surface area contributed by atoms with E-state index >= 15 is 0 Å². The van der Waals surface area contributed by atoms with Crippen LogP contribution in [0.15, 0.2) is 77.3 Å². The molecule has 0 aliphatic rings. The van der Waals surface area contributed by atoms with Gasteiger partial charge in [-0.05, 0) is 43.3 Å². The van der Waals surface area contributed by atoms with Crippen molar-refractivity contribution in [3.05, 3.63) is 84.3 Å². The first-order chi connectivity index (χ1) is 16.0. The number of anilines is 1. The standard InChI is InChI=1S/C24H23N5O4/c1-16-12-13-21(33-16)23-18(15-29(28-23)17-8-4-3-5-9-17)24(31)27-26-22(30)14-25-19-10-6-7-11-20(19)32-2/h3-13,15,25H,14H2,1-2H3,(H,26,30)(H,27,31). The lowest BCUT2D eigenvalue weighted by Crippen LogP contribution is -2.44. The fourth-order valence-corrected chi connectivity index (χ4v) is 3.20. The van der Waals surface area contributed by atoms with Gasteiger partial charge in [-0.1, -0.05) is 30.3 Å². The number of ether oxygens (including phenoxy) is 1. The number of nitrogens with zero attached hydrogens (tertiary/aromatic N) is 2. The van der Waals surface area contributed by atoms with Crippen LogP contribution in [0.25, 0.3) is 17.1 Å². The number of methoxy groups -OCH3 is 1. The SMILES string of the molecule is COc1ccccc1NCC(=O)NNC(=O)c1cn(-c2ccccc2)nc1-c1ccc(C)o1. The number of furan rings is 1. The minimum absolute atomic E-state index is 0.0613. The molecule has 33 heavy (non-hydrogen) atoms. The number of hydrogen-bond donors (Lipinski definition) is 3. The second-order valence-corrected chi connectivity index (χ2v) is 7.14. The summed E-state index contributed by atoms with van der Waals surface area (Å²) in [5.74, 6) is 0.811. The van der Waals surface area contributed by atoms with Gasteiger partial charge in [0, 0.05) is 6.20 Å². The van der Waals surface area contributed by atoms with Crippen LogP contribution < -0.4 is 20.9 Å². The third-order valence-electron chi connectivity index (χ3n) is 4.82. The summed E-state index contributed by atoms with van der Waals surface area (Å²) in [7, 11) is 1.55. The average Bonchev–Trinajstić information content (AvgIpc) is 3.48. The van der Waals surface area contributed by atoms with Gasteiger partial charge in [0.15, 0.2) is 5.76 Å². The minimum atomic E-state index is -0.521. The van der Waals surface area contributed by atoms with E-state index < -0.39 is 11.8 Å². The minimum Gasteiger partial charge on any atom is -0.495 e. The second-order valence-electron chi connectivity index (χ2n) is 7.14. The number of hydrazine groups is 1. The third kappa shape index (κ3) is 5.04. The monoisotopic (exact) mass is 445 g/mol. The van der Waals surface area contributed by atoms with Crippen molar-refractivity contribution in [2.75, 3.05) is 19.0 Å². The summed E-state index contributed by atoms with van der Waals surface area (Å²) >= 11 is 0. The van der Waals surface area contributed by atoms with Crippen LogP contribution in [0.3, 0.4) is 0 Å². The highest BCUT2D eigenvalue weighted by atomic mass is 16.5. The van der Waals surface area contributed by atoms with Gasteiger partial charge < -0.3 is 14.5 Å². The number of rotatable bonds is 7. The summed E-state index contributed by atoms with van der Waals surface area (Å²) in [6, 6.07) is 20.2. The molecule has 4 rings (SSSR count). The molecule has 0 radical (unpaired) electrons. The molecular weight excluding hydrogens is 422 g/mol. The summed E-state index contributed by atoms with van der Waals surface area (Å²) in [6.07, 6.45) is 1.59. The van der Waals surface area contributed by atoms with Gasteiger partial charge in [-0.2, -0.15) is 5.10 Å². The van der Waals surface area contributed by atoms with Gasteiger partial charge in [0.25, 0.3) is 11.8 Å². The smallest absolute Gasteiger partial charge is 0.273 e. The number of aromatic nitrogens is 2. The van der Waals surface area contributed by atoms with E-state index in [1.54, 1.807) is 42.3 Å². The van der Waals surface area contributed by atoms with Gasteiger partial charge in [0.1, 0.15) is 17.2 Å². The van der Waals surface area contributed by atoms with Crippen molar-refractivity contribution >= 4 is 17.5 Å². The molecular formula is C24H23N5O4. The predicted octanol–water partition coefficient (Wildman–Crippen LogP) is 3.32. The molecule has 2 amide bonds. The van der Waals surface area contributed by atoms with Crippen molar-refractivity contribution in [2.24, 2.45) is 0 Å². The van der Waals surface area contributed by atoms with E-state index in [1.807, 2.05) is 49.4 Å². The fourth-order valence-electron chi connectivity index (χ4n) is 3.20. The van der Waals surface area contributed by atoms with Crippen molar-refractivity contribution < 1.29 is 18.7 Å². The molecule has 0 saturated carbocycles. The molecule has 0 atom stereocenters. The molecule has 0 saturated heterocycles. The second kappa shape index (κ2) is 9.73. The maximum absolute atomic E-state index is 12.9. The first-order valence-electron chi connectivity index (χ1n) is 10.2. The van der Waals surface area contributed by atoms with Crippen LogP contribution in [-0.4, -0.2) is 35.2 Å². The van der Waals surface area contributed by atoms with Gasteiger partial charge in [-0.25, -0.2) is 4.68 Å². The zero-order chi connectivity index (χ0) is 23.2. The van der Waals surface area contributed by atoms with Gasteiger partial charge in [0.05, 0.1) is 30.6 Å². The van der Waals surface area contributed by atoms with Gasteiger partial charge in [-0.15, -0.1) is 0 Å². The van der Waals surface area contributed by atoms with E-state index in [9.17, 15) is 9.59 Å². The number of nitrogens with one attached hydrogen (secondary N) is 3. The summed E-state index contributed by atoms with van der Waals surface area (Å²) in [5.41, 5.74) is 6.93. The van der Waals surface area contributed by atoms with Crippen molar-refractivity contribution in [3.8, 4) is 22.9 Å². The molecule has 9 nitrogen and oxygen atoms in total. The van der Waals surface area contributed by atoms with Crippen LogP contribution in [0.2, 0.25) is 0 Å². The Hall–Kier alpha value is -4.53. The highest BCUT2D eigenvalue weighted by molar-refractivity contribution is 6.00. The Balaban J connectivity index is 1.47. The molecule has 0 bridgehead atoms. The van der Waals surface area contributed by atoms with E-state index in [4.69, 9.17) is 9.15 Å². The van der Waals surface area contributed by atoms with Crippen LogP contribution in [0.4, 0.5) is 5.69 Å². The number of benzene rings is 2. The molecule has 9 heteroatoms. The molecule has 4 aromatic rings. The van der Waals surface area contributed by atoms with Crippen molar-refractivity contribution in [2.45, 2.75) is 6.92 Å². The maximum atomic E-state index is 12.9. The lowest BCUT2D eigenvalue weighted by Gasteiger charge is -2.11. The van der Waals surface area contributed by atoms with Crippen molar-refractivity contribution in [1.29, 1.82) is 0 Å². The highest BCUT2D eigenvalue weighted by Gasteiger charge is 2.21. The average molecular weight is 445 g/mol. The Morgan fingerprint density at radius 3 is 2.48 bits per heavy atom. The molecule has 2 heterocycles. The molecule has 0 unspecified atom stereocenters. The quantitative estimate of drug-likeness (QED) is 0.377. The van der Waals surface area contributed by atoms with E-state index in [-0.39, 0.29) is 12.1 Å². The zero-order valence-electron chi connectivity index (χ0n) is 18.2. The van der Waals surface area contributed by atoms with E-state index in [1.165, 1.54) is 0 Å². The lowest BCUT2D eigenvalue weighted by molar-refractivity contribution is -0.120. The Kier molecular flexibility index (Phi) is 6.40. The van der Waals surface area contributed by atoms with Crippen LogP contribution in [0.5, 0.6) is 5.75 Å². The van der Waals surface area contributed by atoms with E-state index in [0.717, 1.165) is 5.69 Å². The van der Waals surface area contributed by atoms with Crippen LogP contribution in [-0.2, 0) is 4.79 Å². The summed E-state index contributed by atoms with van der Waals surface area (Å²) in [5, 5.41) is 7.50. The maximum Gasteiger partial charge on any atom is 0.273 e. The number of carbonyl (C=O) groups is 2. The number of aryl methyl sites for hydroxylation is 1. The molecule has 2 aromatic heterocycles. The molecule has 168 valence electrons. The number of hydrogen-bond acceptors (Lipinski definition) is 6. The van der Waals surface area contributed by atoms with Gasteiger partial charge >= 0.3 is 0 Å². The highest BCUT2D eigenvalue weighted by Crippen LogP contribution is 2.26. The topological polar surface area (TPSA) is 110 Å². The zero-order valence-corrected chi connectivity index (χ0v) is 18.2. The first-order valence-corrected chi connectivity index (χ1v) is 10.2. The van der Waals surface area contributed by atoms with Gasteiger partial charge in [-0.3, -0.25) is 20.4 Å². The molecule has 0 fully saturated rings. The molecule has 2 aromatic carbocycles. The molecule has 3 N–H and O–H groups in total. The third-order valence-corrected chi connectivity index (χ3v) is 4.82. The molecule has 0 aliphatic carbocycles. The Morgan fingerprint density at radius 2 is 1.76 bits per heavy atom. The Bertz CT molecular complexity index is 1260. The predicted molar refractivity (Wildman–Crippen MR) is 123 cm³/mol. The largest absolute Gasteiger partial charge is 0.495 e. The molecule has 0 aliphatic heterocycles. The normalized spacial score (nSPS) is 10.5.